The van der Waals surface area contributed by atoms with Gasteiger partial charge in [-0.2, -0.15) is 0 Å². The number of hydrogen-bond donors (Lipinski definition) is 2. The van der Waals surface area contributed by atoms with Crippen LogP contribution in [-0.2, 0) is 6.54 Å². The maximum atomic E-state index is 9.87. The molecular formula is C16H16ClNO2. The molecule has 4 heteroatoms. The number of phenolic OH excluding ortho intramolecular Hbond substituents is 1. The van der Waals surface area contributed by atoms with E-state index < -0.39 is 0 Å². The number of nitrogens with one attached hydrogen (secondary N) is 1. The van der Waals surface area contributed by atoms with Crippen molar-refractivity contribution >= 4 is 11.6 Å². The molecule has 1 atom stereocenters. The summed E-state index contributed by atoms with van der Waals surface area (Å²) in [5.74, 6) is 1.16. The molecule has 0 bridgehead atoms. The summed E-state index contributed by atoms with van der Waals surface area (Å²) in [5, 5.41) is 13.9. The third-order valence-electron chi connectivity index (χ3n) is 3.58. The van der Waals surface area contributed by atoms with Crippen LogP contribution >= 0.6 is 11.6 Å². The summed E-state index contributed by atoms with van der Waals surface area (Å²) in [6.45, 7) is 1.23. The monoisotopic (exact) mass is 289 g/mol. The Morgan fingerprint density at radius 1 is 1.20 bits per heavy atom. The summed E-state index contributed by atoms with van der Waals surface area (Å²) in [7, 11) is 0. The highest BCUT2D eigenvalue weighted by Gasteiger charge is 2.21. The lowest BCUT2D eigenvalue weighted by atomic mass is 10.0. The number of phenols is 1. The van der Waals surface area contributed by atoms with Crippen molar-refractivity contribution < 1.29 is 9.84 Å². The first-order valence-electron chi connectivity index (χ1n) is 6.67. The fraction of sp³-hybridized carbons (Fsp3) is 0.250. The second-order valence-electron chi connectivity index (χ2n) is 4.85. The van der Waals surface area contributed by atoms with E-state index in [1.165, 1.54) is 0 Å². The number of para-hydroxylation sites is 1. The molecule has 0 amide bonds. The van der Waals surface area contributed by atoms with Crippen molar-refractivity contribution in [1.82, 2.24) is 5.32 Å². The molecule has 0 unspecified atom stereocenters. The number of halogens is 1. The van der Waals surface area contributed by atoms with Gasteiger partial charge in [-0.3, -0.25) is 0 Å². The second kappa shape index (κ2) is 5.73. The molecule has 1 aliphatic heterocycles. The quantitative estimate of drug-likeness (QED) is 0.906. The molecule has 0 radical (unpaired) electrons. The Morgan fingerprint density at radius 2 is 2.05 bits per heavy atom. The van der Waals surface area contributed by atoms with Crippen LogP contribution in [0.15, 0.2) is 42.5 Å². The normalized spacial score (nSPS) is 17.4. The molecule has 20 heavy (non-hydrogen) atoms. The number of rotatable bonds is 3. The number of hydrogen-bond acceptors (Lipinski definition) is 3. The predicted octanol–water partition coefficient (Wildman–Crippen LogP) is 3.66. The summed E-state index contributed by atoms with van der Waals surface area (Å²) in [6.07, 6.45) is 0.905. The highest BCUT2D eigenvalue weighted by atomic mass is 35.5. The van der Waals surface area contributed by atoms with Gasteiger partial charge in [-0.15, -0.1) is 0 Å². The van der Waals surface area contributed by atoms with Gasteiger partial charge in [0.2, 0.25) is 0 Å². The third kappa shape index (κ3) is 2.60. The molecule has 2 N–H and O–H groups in total. The number of ether oxygens (including phenoxy) is 1. The summed E-state index contributed by atoms with van der Waals surface area (Å²) in [6, 6.07) is 13.4. The van der Waals surface area contributed by atoms with Gasteiger partial charge in [0.05, 0.1) is 6.61 Å². The molecule has 0 spiro atoms. The van der Waals surface area contributed by atoms with Crippen molar-refractivity contribution in [3.8, 4) is 11.5 Å². The van der Waals surface area contributed by atoms with Gasteiger partial charge in [0.1, 0.15) is 11.5 Å². The lowest BCUT2D eigenvalue weighted by Gasteiger charge is -2.27. The Kier molecular flexibility index (Phi) is 3.81. The highest BCUT2D eigenvalue weighted by Crippen LogP contribution is 2.32. The largest absolute Gasteiger partial charge is 0.508 e. The molecule has 1 aliphatic rings. The van der Waals surface area contributed by atoms with E-state index in [-0.39, 0.29) is 11.8 Å². The second-order valence-corrected chi connectivity index (χ2v) is 5.25. The molecule has 0 fully saturated rings. The zero-order valence-corrected chi connectivity index (χ0v) is 11.7. The molecule has 104 valence electrons. The van der Waals surface area contributed by atoms with E-state index in [0.29, 0.717) is 18.2 Å². The van der Waals surface area contributed by atoms with Crippen molar-refractivity contribution in [3.05, 3.63) is 58.6 Å². The Hall–Kier alpha value is -1.71. The van der Waals surface area contributed by atoms with Crippen LogP contribution in [-0.4, -0.2) is 11.7 Å². The molecule has 0 saturated carbocycles. The van der Waals surface area contributed by atoms with Crippen LogP contribution in [0, 0.1) is 0 Å². The highest BCUT2D eigenvalue weighted by molar-refractivity contribution is 6.31. The van der Waals surface area contributed by atoms with Gasteiger partial charge >= 0.3 is 0 Å². The summed E-state index contributed by atoms with van der Waals surface area (Å²) in [4.78, 5) is 0. The van der Waals surface area contributed by atoms with Crippen molar-refractivity contribution in [2.45, 2.75) is 19.0 Å². The average Bonchev–Trinajstić information content (AvgIpc) is 2.47. The molecule has 0 aliphatic carbocycles. The average molecular weight is 290 g/mol. The summed E-state index contributed by atoms with van der Waals surface area (Å²) < 4.78 is 5.64. The van der Waals surface area contributed by atoms with E-state index in [4.69, 9.17) is 16.3 Å². The van der Waals surface area contributed by atoms with E-state index >= 15 is 0 Å². The number of fused-ring (bicyclic) bond motifs is 1. The first-order valence-corrected chi connectivity index (χ1v) is 7.05. The van der Waals surface area contributed by atoms with Crippen LogP contribution in [0.3, 0.4) is 0 Å². The van der Waals surface area contributed by atoms with Gasteiger partial charge in [0.25, 0.3) is 0 Å². The zero-order valence-electron chi connectivity index (χ0n) is 11.0. The van der Waals surface area contributed by atoms with E-state index in [9.17, 15) is 5.11 Å². The Bertz CT molecular complexity index is 595. The van der Waals surface area contributed by atoms with Crippen LogP contribution < -0.4 is 10.1 Å². The molecular weight excluding hydrogens is 274 g/mol. The number of benzene rings is 2. The van der Waals surface area contributed by atoms with Crippen LogP contribution in [0.5, 0.6) is 11.5 Å². The molecule has 3 rings (SSSR count). The fourth-order valence-electron chi connectivity index (χ4n) is 2.50. The van der Waals surface area contributed by atoms with Gasteiger partial charge < -0.3 is 15.2 Å². The maximum Gasteiger partial charge on any atom is 0.124 e. The lowest BCUT2D eigenvalue weighted by Crippen LogP contribution is -2.26. The minimum atomic E-state index is 0.218. The van der Waals surface area contributed by atoms with E-state index in [2.05, 4.69) is 11.4 Å². The molecule has 2 aromatic rings. The van der Waals surface area contributed by atoms with Crippen LogP contribution in [0.25, 0.3) is 0 Å². The van der Waals surface area contributed by atoms with Crippen molar-refractivity contribution in [3.63, 3.8) is 0 Å². The predicted molar refractivity (Wildman–Crippen MR) is 79.3 cm³/mol. The molecule has 1 heterocycles. The Morgan fingerprint density at radius 3 is 2.90 bits per heavy atom. The Labute approximate surface area is 123 Å². The number of aromatic hydroxyl groups is 1. The van der Waals surface area contributed by atoms with Crippen molar-refractivity contribution in [1.29, 1.82) is 0 Å². The fourth-order valence-corrected chi connectivity index (χ4v) is 2.74. The molecule has 0 aromatic heterocycles. The van der Waals surface area contributed by atoms with Gasteiger partial charge in [0.15, 0.2) is 0 Å². The van der Waals surface area contributed by atoms with Crippen molar-refractivity contribution in [2.75, 3.05) is 6.61 Å². The van der Waals surface area contributed by atoms with Crippen LogP contribution in [0.2, 0.25) is 5.02 Å². The summed E-state index contributed by atoms with van der Waals surface area (Å²) >= 11 is 6.12. The van der Waals surface area contributed by atoms with Gasteiger partial charge in [-0.05, 0) is 18.2 Å². The van der Waals surface area contributed by atoms with E-state index in [1.807, 2.05) is 18.2 Å². The minimum Gasteiger partial charge on any atom is -0.508 e. The summed E-state index contributed by atoms with van der Waals surface area (Å²) in [5.41, 5.74) is 1.89. The lowest BCUT2D eigenvalue weighted by molar-refractivity contribution is 0.252. The smallest absolute Gasteiger partial charge is 0.124 e. The van der Waals surface area contributed by atoms with Crippen LogP contribution in [0.1, 0.15) is 23.6 Å². The van der Waals surface area contributed by atoms with Gasteiger partial charge in [0, 0.05) is 35.2 Å². The van der Waals surface area contributed by atoms with Crippen molar-refractivity contribution in [2.24, 2.45) is 0 Å². The first kappa shape index (κ1) is 13.3. The minimum absolute atomic E-state index is 0.218. The van der Waals surface area contributed by atoms with E-state index in [0.717, 1.165) is 23.3 Å². The SMILES string of the molecule is Oc1cccc(Cl)c1CN[C@@H]1CCOc2ccccc21. The topological polar surface area (TPSA) is 41.5 Å². The standard InChI is InChI=1S/C16H16ClNO2/c17-13-5-3-6-15(19)12(13)10-18-14-8-9-20-16-7-2-1-4-11(14)16/h1-7,14,18-19H,8-10H2/t14-/m1/s1. The zero-order chi connectivity index (χ0) is 13.9. The van der Waals surface area contributed by atoms with E-state index in [1.54, 1.807) is 18.2 Å². The molecule has 0 saturated heterocycles. The Balaban J connectivity index is 1.77. The first-order chi connectivity index (χ1) is 9.75. The molecule has 2 aromatic carbocycles. The third-order valence-corrected chi connectivity index (χ3v) is 3.93. The van der Waals surface area contributed by atoms with Gasteiger partial charge in [-0.1, -0.05) is 35.9 Å². The van der Waals surface area contributed by atoms with Gasteiger partial charge in [-0.25, -0.2) is 0 Å². The van der Waals surface area contributed by atoms with Crippen LogP contribution in [0.4, 0.5) is 0 Å². The molecule has 3 nitrogen and oxygen atoms in total. The maximum absolute atomic E-state index is 9.87.